The second kappa shape index (κ2) is 8.64. The van der Waals surface area contributed by atoms with Gasteiger partial charge in [0.25, 0.3) is 0 Å². The molecule has 0 fully saturated rings. The van der Waals surface area contributed by atoms with Crippen molar-refractivity contribution in [2.45, 2.75) is 13.8 Å². The fourth-order valence-electron chi connectivity index (χ4n) is 1.42. The van der Waals surface area contributed by atoms with Gasteiger partial charge in [-0.05, 0) is 32.0 Å². The van der Waals surface area contributed by atoms with E-state index in [0.717, 1.165) is 6.21 Å². The second-order valence-electron chi connectivity index (χ2n) is 3.86. The normalized spacial score (nSPS) is 10.9. The standard InChI is InChI=1S/C14H15Cl2NO4/c1-3-20-13(18)10(14(19)21-4-2)8-17-12-7-9(15)5-6-11(12)16/h5-8,10H,3-4H2,1-2H3. The molecule has 5 nitrogen and oxygen atoms in total. The first-order chi connectivity index (χ1) is 9.99. The largest absolute Gasteiger partial charge is 0.465 e. The lowest BCUT2D eigenvalue weighted by atomic mass is 10.1. The van der Waals surface area contributed by atoms with Gasteiger partial charge < -0.3 is 9.47 Å². The molecule has 0 heterocycles. The molecule has 0 unspecified atom stereocenters. The third-order valence-electron chi connectivity index (χ3n) is 2.35. The van der Waals surface area contributed by atoms with Crippen molar-refractivity contribution >= 4 is 47.0 Å². The highest BCUT2D eigenvalue weighted by atomic mass is 35.5. The summed E-state index contributed by atoms with van der Waals surface area (Å²) >= 11 is 11.8. The maximum absolute atomic E-state index is 11.8. The zero-order chi connectivity index (χ0) is 15.8. The molecule has 0 spiro atoms. The van der Waals surface area contributed by atoms with Crippen LogP contribution in [0.25, 0.3) is 0 Å². The molecule has 0 bridgehead atoms. The van der Waals surface area contributed by atoms with Crippen LogP contribution in [0.3, 0.4) is 0 Å². The molecule has 1 aromatic carbocycles. The first-order valence-electron chi connectivity index (χ1n) is 6.32. The lowest BCUT2D eigenvalue weighted by molar-refractivity contribution is -0.157. The van der Waals surface area contributed by atoms with Gasteiger partial charge in [-0.15, -0.1) is 0 Å². The average molecular weight is 332 g/mol. The van der Waals surface area contributed by atoms with Crippen molar-refractivity contribution in [2.24, 2.45) is 10.9 Å². The van der Waals surface area contributed by atoms with Crippen molar-refractivity contribution in [3.63, 3.8) is 0 Å². The van der Waals surface area contributed by atoms with Crippen LogP contribution >= 0.6 is 23.2 Å². The van der Waals surface area contributed by atoms with Crippen molar-refractivity contribution in [3.8, 4) is 0 Å². The highest BCUT2D eigenvalue weighted by Crippen LogP contribution is 2.28. The Morgan fingerprint density at radius 3 is 2.29 bits per heavy atom. The van der Waals surface area contributed by atoms with Crippen LogP contribution in [0.4, 0.5) is 5.69 Å². The predicted octanol–water partition coefficient (Wildman–Crippen LogP) is 3.44. The van der Waals surface area contributed by atoms with Crippen LogP contribution < -0.4 is 0 Å². The van der Waals surface area contributed by atoms with E-state index in [1.165, 1.54) is 6.07 Å². The SMILES string of the molecule is CCOC(=O)C(C=Nc1cc(Cl)ccc1Cl)C(=O)OCC. The number of benzene rings is 1. The Balaban J connectivity index is 2.99. The van der Waals surface area contributed by atoms with Crippen molar-refractivity contribution in [1.82, 2.24) is 0 Å². The predicted molar refractivity (Wildman–Crippen MR) is 81.4 cm³/mol. The smallest absolute Gasteiger partial charge is 0.325 e. The number of carbonyl (C=O) groups is 2. The number of rotatable bonds is 6. The summed E-state index contributed by atoms with van der Waals surface area (Å²) in [6, 6.07) is 4.70. The summed E-state index contributed by atoms with van der Waals surface area (Å²) in [5.74, 6) is -2.68. The van der Waals surface area contributed by atoms with Crippen molar-refractivity contribution in [2.75, 3.05) is 13.2 Å². The number of ether oxygens (including phenoxy) is 2. The Bertz CT molecular complexity index is 528. The highest BCUT2D eigenvalue weighted by Gasteiger charge is 2.27. The molecule has 0 radical (unpaired) electrons. The maximum Gasteiger partial charge on any atom is 0.325 e. The van der Waals surface area contributed by atoms with E-state index in [0.29, 0.717) is 15.7 Å². The van der Waals surface area contributed by atoms with Crippen molar-refractivity contribution in [1.29, 1.82) is 0 Å². The van der Waals surface area contributed by atoms with Gasteiger partial charge in [-0.25, -0.2) is 0 Å². The molecule has 1 aromatic rings. The minimum atomic E-state index is -1.24. The summed E-state index contributed by atoms with van der Waals surface area (Å²) in [6.07, 6.45) is 1.15. The number of hydrogen-bond donors (Lipinski definition) is 0. The third kappa shape index (κ3) is 5.36. The molecule has 0 N–H and O–H groups in total. The molecule has 7 heteroatoms. The summed E-state index contributed by atoms with van der Waals surface area (Å²) in [4.78, 5) is 27.5. The topological polar surface area (TPSA) is 65.0 Å². The number of halogens is 2. The number of hydrogen-bond acceptors (Lipinski definition) is 5. The van der Waals surface area contributed by atoms with E-state index < -0.39 is 17.9 Å². The van der Waals surface area contributed by atoms with Crippen molar-refractivity contribution < 1.29 is 19.1 Å². The van der Waals surface area contributed by atoms with Gasteiger partial charge in [0.1, 0.15) is 0 Å². The van der Waals surface area contributed by atoms with Crippen LogP contribution in [0.2, 0.25) is 10.0 Å². The minimum Gasteiger partial charge on any atom is -0.465 e. The van der Waals surface area contributed by atoms with E-state index in [1.54, 1.807) is 26.0 Å². The molecule has 1 rings (SSSR count). The molecule has 0 amide bonds. The Hall–Kier alpha value is -1.59. The summed E-state index contributed by atoms with van der Waals surface area (Å²) in [5.41, 5.74) is 0.350. The zero-order valence-corrected chi connectivity index (χ0v) is 13.1. The molecule has 21 heavy (non-hydrogen) atoms. The number of aliphatic imine (C=N–C) groups is 1. The van der Waals surface area contributed by atoms with Crippen LogP contribution in [0, 0.1) is 5.92 Å². The summed E-state index contributed by atoms with van der Waals surface area (Å²) < 4.78 is 9.65. The monoisotopic (exact) mass is 331 g/mol. The van der Waals surface area contributed by atoms with Crippen LogP contribution in [0.1, 0.15) is 13.8 Å². The Morgan fingerprint density at radius 2 is 1.76 bits per heavy atom. The zero-order valence-electron chi connectivity index (χ0n) is 11.6. The molecular weight excluding hydrogens is 317 g/mol. The molecule has 0 aromatic heterocycles. The second-order valence-corrected chi connectivity index (χ2v) is 4.70. The maximum atomic E-state index is 11.8. The summed E-state index contributed by atoms with van der Waals surface area (Å²) in [5, 5.41) is 0.789. The quantitative estimate of drug-likeness (QED) is 0.455. The lowest BCUT2D eigenvalue weighted by Gasteiger charge is -2.10. The van der Waals surface area contributed by atoms with Gasteiger partial charge in [-0.1, -0.05) is 23.2 Å². The molecule has 0 aliphatic carbocycles. The molecule has 0 saturated heterocycles. The minimum absolute atomic E-state index is 0.153. The van der Waals surface area contributed by atoms with Crippen LogP contribution in [-0.2, 0) is 19.1 Å². The van der Waals surface area contributed by atoms with Crippen molar-refractivity contribution in [3.05, 3.63) is 28.2 Å². The number of nitrogens with zero attached hydrogens (tertiary/aromatic N) is 1. The van der Waals surface area contributed by atoms with Gasteiger partial charge in [-0.2, -0.15) is 0 Å². The molecule has 0 saturated carbocycles. The fourth-order valence-corrected chi connectivity index (χ4v) is 1.75. The Kier molecular flexibility index (Phi) is 7.19. The third-order valence-corrected chi connectivity index (χ3v) is 2.91. The highest BCUT2D eigenvalue weighted by molar-refractivity contribution is 6.35. The Morgan fingerprint density at radius 1 is 1.19 bits per heavy atom. The van der Waals surface area contributed by atoms with E-state index >= 15 is 0 Å². The first-order valence-corrected chi connectivity index (χ1v) is 7.07. The van der Waals surface area contributed by atoms with Crippen LogP contribution in [0.15, 0.2) is 23.2 Å². The molecule has 0 aliphatic heterocycles. The van der Waals surface area contributed by atoms with E-state index in [1.807, 2.05) is 0 Å². The van der Waals surface area contributed by atoms with E-state index in [-0.39, 0.29) is 13.2 Å². The van der Waals surface area contributed by atoms with Gasteiger partial charge in [0, 0.05) is 11.2 Å². The van der Waals surface area contributed by atoms with E-state index in [2.05, 4.69) is 4.99 Å². The summed E-state index contributed by atoms with van der Waals surface area (Å²) in [7, 11) is 0. The average Bonchev–Trinajstić information content (AvgIpc) is 2.43. The van der Waals surface area contributed by atoms with Crippen LogP contribution in [0.5, 0.6) is 0 Å². The summed E-state index contributed by atoms with van der Waals surface area (Å²) in [6.45, 7) is 3.59. The van der Waals surface area contributed by atoms with E-state index in [4.69, 9.17) is 32.7 Å². The van der Waals surface area contributed by atoms with Gasteiger partial charge in [0.15, 0.2) is 5.92 Å². The van der Waals surface area contributed by atoms with Crippen LogP contribution in [-0.4, -0.2) is 31.4 Å². The van der Waals surface area contributed by atoms with Gasteiger partial charge in [0.05, 0.1) is 23.9 Å². The Labute approximate surface area is 132 Å². The fraction of sp³-hybridized carbons (Fsp3) is 0.357. The van der Waals surface area contributed by atoms with Gasteiger partial charge in [-0.3, -0.25) is 14.6 Å². The first kappa shape index (κ1) is 17.5. The lowest BCUT2D eigenvalue weighted by Crippen LogP contribution is -2.29. The molecule has 114 valence electrons. The number of carbonyl (C=O) groups excluding carboxylic acids is 2. The van der Waals surface area contributed by atoms with E-state index in [9.17, 15) is 9.59 Å². The molecular formula is C14H15Cl2NO4. The molecule has 0 atom stereocenters. The molecule has 0 aliphatic rings. The van der Waals surface area contributed by atoms with Gasteiger partial charge in [0.2, 0.25) is 0 Å². The van der Waals surface area contributed by atoms with Gasteiger partial charge >= 0.3 is 11.9 Å². The number of esters is 2.